The summed E-state index contributed by atoms with van der Waals surface area (Å²) in [5.74, 6) is -0.418. The van der Waals surface area contributed by atoms with Crippen LogP contribution in [0.25, 0.3) is 10.4 Å². The number of hydrogen-bond acceptors (Lipinski definition) is 5. The largest absolute Gasteiger partial charge is 0.319 e. The number of nitro groups is 1. The number of amides is 1. The van der Waals surface area contributed by atoms with Crippen molar-refractivity contribution >= 4 is 40.2 Å². The van der Waals surface area contributed by atoms with E-state index in [1.165, 1.54) is 29.5 Å². The first-order valence-corrected chi connectivity index (χ1v) is 8.43. The summed E-state index contributed by atoms with van der Waals surface area (Å²) in [6.45, 7) is 1.83. The summed E-state index contributed by atoms with van der Waals surface area (Å²) < 4.78 is 0. The van der Waals surface area contributed by atoms with Gasteiger partial charge in [-0.2, -0.15) is 0 Å². The minimum Gasteiger partial charge on any atom is -0.319 e. The van der Waals surface area contributed by atoms with E-state index in [-0.39, 0.29) is 10.7 Å². The van der Waals surface area contributed by atoms with Crippen molar-refractivity contribution < 1.29 is 9.72 Å². The van der Waals surface area contributed by atoms with Gasteiger partial charge in [0.15, 0.2) is 0 Å². The molecule has 126 valence electrons. The molecule has 1 aromatic heterocycles. The highest BCUT2D eigenvalue weighted by atomic mass is 35.5. The summed E-state index contributed by atoms with van der Waals surface area (Å²) >= 11 is 7.45. The van der Waals surface area contributed by atoms with Crippen molar-refractivity contribution in [2.45, 2.75) is 6.92 Å². The van der Waals surface area contributed by atoms with E-state index in [2.05, 4.69) is 10.3 Å². The number of benzene rings is 2. The van der Waals surface area contributed by atoms with Crippen LogP contribution in [0.2, 0.25) is 5.02 Å². The van der Waals surface area contributed by atoms with Crippen LogP contribution in [0.15, 0.2) is 48.5 Å². The van der Waals surface area contributed by atoms with E-state index < -0.39 is 10.8 Å². The highest BCUT2D eigenvalue weighted by Gasteiger charge is 2.20. The Hall–Kier alpha value is -2.77. The van der Waals surface area contributed by atoms with Gasteiger partial charge >= 0.3 is 0 Å². The van der Waals surface area contributed by atoms with Crippen LogP contribution < -0.4 is 5.32 Å². The van der Waals surface area contributed by atoms with Gasteiger partial charge < -0.3 is 5.32 Å². The third-order valence-corrected chi connectivity index (χ3v) is 4.73. The van der Waals surface area contributed by atoms with Crippen LogP contribution in [-0.2, 0) is 0 Å². The fourth-order valence-corrected chi connectivity index (χ4v) is 3.41. The van der Waals surface area contributed by atoms with Crippen molar-refractivity contribution in [1.82, 2.24) is 4.98 Å². The summed E-state index contributed by atoms with van der Waals surface area (Å²) in [7, 11) is 0. The highest BCUT2D eigenvalue weighted by Crippen LogP contribution is 2.32. The second-order valence-electron chi connectivity index (χ2n) is 5.15. The minimum absolute atomic E-state index is 0.0933. The summed E-state index contributed by atoms with van der Waals surface area (Å²) in [4.78, 5) is 27.9. The fraction of sp³-hybridized carbons (Fsp3) is 0.0588. The summed E-state index contributed by atoms with van der Waals surface area (Å²) in [5, 5.41) is 14.3. The molecule has 1 N–H and O–H groups in total. The highest BCUT2D eigenvalue weighted by molar-refractivity contribution is 7.15. The Bertz CT molecular complexity index is 957. The number of halogens is 1. The van der Waals surface area contributed by atoms with Crippen LogP contribution in [0.1, 0.15) is 15.5 Å². The number of nitrogens with one attached hydrogen (secondary N) is 1. The molecule has 0 bridgehead atoms. The molecule has 0 atom stereocenters. The fourth-order valence-electron chi connectivity index (χ4n) is 2.27. The number of aryl methyl sites for hydroxylation is 1. The smallest absolute Gasteiger partial charge is 0.275 e. The van der Waals surface area contributed by atoms with Crippen molar-refractivity contribution in [2.24, 2.45) is 0 Å². The Morgan fingerprint density at radius 1 is 1.24 bits per heavy atom. The number of nitrogens with zero attached hydrogens (tertiary/aromatic N) is 2. The van der Waals surface area contributed by atoms with Gasteiger partial charge in [-0.05, 0) is 18.6 Å². The third kappa shape index (κ3) is 3.67. The van der Waals surface area contributed by atoms with Gasteiger partial charge in [0.05, 0.1) is 25.5 Å². The SMILES string of the molecule is Cc1nc(C(=O)Nc2ccc([N+](=O)[O-])cc2Cl)c(-c2ccccc2)s1. The van der Waals surface area contributed by atoms with Gasteiger partial charge in [0, 0.05) is 12.1 Å². The van der Waals surface area contributed by atoms with Gasteiger partial charge in [-0.15, -0.1) is 11.3 Å². The summed E-state index contributed by atoms with van der Waals surface area (Å²) in [6, 6.07) is 13.4. The topological polar surface area (TPSA) is 85.1 Å². The van der Waals surface area contributed by atoms with E-state index in [9.17, 15) is 14.9 Å². The van der Waals surface area contributed by atoms with Gasteiger partial charge in [-0.3, -0.25) is 14.9 Å². The lowest BCUT2D eigenvalue weighted by Gasteiger charge is -2.07. The van der Waals surface area contributed by atoms with Crippen LogP contribution in [0.4, 0.5) is 11.4 Å². The van der Waals surface area contributed by atoms with Crippen LogP contribution in [0.5, 0.6) is 0 Å². The van der Waals surface area contributed by atoms with E-state index in [1.54, 1.807) is 0 Å². The quantitative estimate of drug-likeness (QED) is 0.518. The Morgan fingerprint density at radius 3 is 2.60 bits per heavy atom. The maximum atomic E-state index is 12.6. The first-order valence-electron chi connectivity index (χ1n) is 7.24. The molecule has 0 saturated carbocycles. The molecule has 0 spiro atoms. The standard InChI is InChI=1S/C17H12ClN3O3S/c1-10-19-15(16(25-10)11-5-3-2-4-6-11)17(22)20-14-8-7-12(21(23)24)9-13(14)18/h2-9H,1H3,(H,20,22). The molecule has 8 heteroatoms. The first kappa shape index (κ1) is 17.1. The van der Waals surface area contributed by atoms with Crippen LogP contribution in [0, 0.1) is 17.0 Å². The molecule has 1 amide bonds. The monoisotopic (exact) mass is 373 g/mol. The average Bonchev–Trinajstić information content (AvgIpc) is 2.99. The average molecular weight is 374 g/mol. The van der Waals surface area contributed by atoms with E-state index in [0.717, 1.165) is 15.4 Å². The first-order chi connectivity index (χ1) is 12.0. The molecular weight excluding hydrogens is 362 g/mol. The number of anilines is 1. The molecule has 25 heavy (non-hydrogen) atoms. The van der Waals surface area contributed by atoms with Crippen molar-refractivity contribution in [3.8, 4) is 10.4 Å². The molecule has 0 aliphatic carbocycles. The molecule has 0 aliphatic heterocycles. The number of nitro benzene ring substituents is 1. The number of carbonyl (C=O) groups excluding carboxylic acids is 1. The lowest BCUT2D eigenvalue weighted by atomic mass is 10.1. The Kier molecular flexibility index (Phi) is 4.78. The van der Waals surface area contributed by atoms with Crippen LogP contribution in [-0.4, -0.2) is 15.8 Å². The minimum atomic E-state index is -0.547. The van der Waals surface area contributed by atoms with Gasteiger partial charge in [-0.25, -0.2) is 4.98 Å². The zero-order valence-corrected chi connectivity index (χ0v) is 14.6. The Balaban J connectivity index is 1.91. The van der Waals surface area contributed by atoms with Gasteiger partial charge in [0.1, 0.15) is 5.69 Å². The second kappa shape index (κ2) is 7.00. The third-order valence-electron chi connectivity index (χ3n) is 3.40. The van der Waals surface area contributed by atoms with Gasteiger partial charge in [-0.1, -0.05) is 41.9 Å². The van der Waals surface area contributed by atoms with Crippen molar-refractivity contribution in [2.75, 3.05) is 5.32 Å². The maximum Gasteiger partial charge on any atom is 0.275 e. The number of thiazole rings is 1. The molecule has 6 nitrogen and oxygen atoms in total. The molecule has 3 aromatic rings. The van der Waals surface area contributed by atoms with Gasteiger partial charge in [0.25, 0.3) is 11.6 Å². The van der Waals surface area contributed by atoms with E-state index in [0.29, 0.717) is 11.4 Å². The van der Waals surface area contributed by atoms with Crippen LogP contribution >= 0.6 is 22.9 Å². The molecule has 0 radical (unpaired) electrons. The Morgan fingerprint density at radius 2 is 1.96 bits per heavy atom. The Labute approximate surface area is 152 Å². The number of hydrogen-bond donors (Lipinski definition) is 1. The normalized spacial score (nSPS) is 10.5. The number of aromatic nitrogens is 1. The molecule has 1 heterocycles. The van der Waals surface area contributed by atoms with E-state index >= 15 is 0 Å². The molecule has 0 fully saturated rings. The molecule has 0 unspecified atom stereocenters. The summed E-state index contributed by atoms with van der Waals surface area (Å²) in [6.07, 6.45) is 0. The number of non-ortho nitro benzene ring substituents is 1. The lowest BCUT2D eigenvalue weighted by molar-refractivity contribution is -0.384. The molecule has 0 saturated heterocycles. The van der Waals surface area contributed by atoms with E-state index in [1.807, 2.05) is 37.3 Å². The predicted molar refractivity (Wildman–Crippen MR) is 98.3 cm³/mol. The number of carbonyl (C=O) groups is 1. The summed E-state index contributed by atoms with van der Waals surface area (Å²) in [5.41, 5.74) is 1.34. The molecule has 2 aromatic carbocycles. The van der Waals surface area contributed by atoms with Gasteiger partial charge in [0.2, 0.25) is 0 Å². The van der Waals surface area contributed by atoms with E-state index in [4.69, 9.17) is 11.6 Å². The zero-order chi connectivity index (χ0) is 18.0. The second-order valence-corrected chi connectivity index (χ2v) is 6.76. The molecule has 3 rings (SSSR count). The zero-order valence-electron chi connectivity index (χ0n) is 13.0. The van der Waals surface area contributed by atoms with Crippen molar-refractivity contribution in [3.63, 3.8) is 0 Å². The molecular formula is C17H12ClN3O3S. The number of rotatable bonds is 4. The maximum absolute atomic E-state index is 12.6. The molecule has 0 aliphatic rings. The lowest BCUT2D eigenvalue weighted by Crippen LogP contribution is -2.13. The van der Waals surface area contributed by atoms with Crippen molar-refractivity contribution in [1.29, 1.82) is 0 Å². The van der Waals surface area contributed by atoms with Crippen molar-refractivity contribution in [3.05, 3.63) is 74.4 Å². The van der Waals surface area contributed by atoms with Crippen LogP contribution in [0.3, 0.4) is 0 Å². The predicted octanol–water partition coefficient (Wildman–Crippen LogP) is 4.93.